The number of nitrogens with one attached hydrogen (secondary N) is 1. The normalized spacial score (nSPS) is 11.8. The number of nitrogens with zero attached hydrogens (tertiary/aromatic N) is 1. The largest absolute Gasteiger partial charge is 0.322 e. The number of fused-ring (bicyclic) bond motifs is 1. The summed E-state index contributed by atoms with van der Waals surface area (Å²) in [5.41, 5.74) is 4.10. The van der Waals surface area contributed by atoms with E-state index < -0.39 is 10.0 Å². The van der Waals surface area contributed by atoms with E-state index in [1.807, 2.05) is 61.5 Å². The van der Waals surface area contributed by atoms with E-state index in [4.69, 9.17) is 0 Å². The van der Waals surface area contributed by atoms with Gasteiger partial charge in [-0.1, -0.05) is 61.0 Å². The molecule has 0 bridgehead atoms. The minimum atomic E-state index is -3.79. The van der Waals surface area contributed by atoms with E-state index in [-0.39, 0.29) is 23.5 Å². The lowest BCUT2D eigenvalue weighted by Crippen LogP contribution is -2.34. The minimum Gasteiger partial charge on any atom is -0.322 e. The summed E-state index contributed by atoms with van der Waals surface area (Å²) in [6.45, 7) is 4.27. The van der Waals surface area contributed by atoms with Crippen molar-refractivity contribution in [3.8, 4) is 0 Å². The van der Waals surface area contributed by atoms with Crippen molar-refractivity contribution >= 4 is 20.9 Å². The van der Waals surface area contributed by atoms with Crippen LogP contribution in [0.4, 0.5) is 0 Å². The van der Waals surface area contributed by atoms with Crippen molar-refractivity contribution in [2.45, 2.75) is 38.1 Å². The first-order valence-electron chi connectivity index (χ1n) is 11.1. The Morgan fingerprint density at radius 1 is 0.879 bits per heavy atom. The fraction of sp³-hybridized carbons (Fsp3) is 0.222. The summed E-state index contributed by atoms with van der Waals surface area (Å²) in [5, 5.41) is 0.902. The maximum absolute atomic E-state index is 13.6. The lowest BCUT2D eigenvalue weighted by Gasteiger charge is -2.22. The van der Waals surface area contributed by atoms with Crippen LogP contribution in [-0.4, -0.2) is 24.3 Å². The Labute approximate surface area is 194 Å². The number of aryl methyl sites for hydroxylation is 2. The fourth-order valence-corrected chi connectivity index (χ4v) is 5.29. The van der Waals surface area contributed by atoms with Crippen molar-refractivity contribution < 1.29 is 8.42 Å². The van der Waals surface area contributed by atoms with Crippen LogP contribution in [0.5, 0.6) is 0 Å². The number of hydrogen-bond acceptors (Lipinski definition) is 3. The summed E-state index contributed by atoms with van der Waals surface area (Å²) in [4.78, 5) is 16.0. The molecule has 1 heterocycles. The Hall–Kier alpha value is -3.22. The average molecular weight is 461 g/mol. The third-order valence-corrected chi connectivity index (χ3v) is 7.75. The van der Waals surface area contributed by atoms with Crippen LogP contribution < -0.4 is 5.56 Å². The molecule has 0 aliphatic rings. The van der Waals surface area contributed by atoms with Crippen molar-refractivity contribution in [2.75, 3.05) is 6.54 Å². The van der Waals surface area contributed by atoms with Gasteiger partial charge in [0.05, 0.1) is 4.90 Å². The number of rotatable bonds is 8. The molecule has 4 aromatic rings. The second kappa shape index (κ2) is 9.73. The Balaban J connectivity index is 1.71. The smallest absolute Gasteiger partial charge is 0.252 e. The Morgan fingerprint density at radius 3 is 2.30 bits per heavy atom. The fourth-order valence-electron chi connectivity index (χ4n) is 3.87. The maximum atomic E-state index is 13.6. The zero-order valence-corrected chi connectivity index (χ0v) is 19.7. The van der Waals surface area contributed by atoms with Gasteiger partial charge in [-0.05, 0) is 66.6 Å². The van der Waals surface area contributed by atoms with Gasteiger partial charge in [0.15, 0.2) is 0 Å². The highest BCUT2D eigenvalue weighted by Crippen LogP contribution is 2.21. The first-order chi connectivity index (χ1) is 15.9. The zero-order chi connectivity index (χ0) is 23.4. The van der Waals surface area contributed by atoms with Crippen LogP contribution in [0.1, 0.15) is 29.2 Å². The number of aromatic nitrogens is 1. The Morgan fingerprint density at radius 2 is 1.61 bits per heavy atom. The van der Waals surface area contributed by atoms with E-state index >= 15 is 0 Å². The molecule has 0 spiro atoms. The number of H-pyrrole nitrogens is 1. The molecule has 0 aliphatic heterocycles. The third-order valence-electron chi connectivity index (χ3n) is 5.89. The molecule has 1 N–H and O–H groups in total. The van der Waals surface area contributed by atoms with Crippen molar-refractivity contribution in [1.82, 2.24) is 9.29 Å². The average Bonchev–Trinajstić information content (AvgIpc) is 2.82. The van der Waals surface area contributed by atoms with E-state index in [0.717, 1.165) is 34.0 Å². The SMILES string of the molecule is CCc1ccc2[nH]c(=O)c(CN(CCc3ccccc3)S(=O)(=O)c3ccc(C)cc3)cc2c1. The number of benzene rings is 3. The van der Waals surface area contributed by atoms with Gasteiger partial charge in [0.2, 0.25) is 10.0 Å². The molecule has 33 heavy (non-hydrogen) atoms. The lowest BCUT2D eigenvalue weighted by atomic mass is 10.1. The predicted molar refractivity (Wildman–Crippen MR) is 133 cm³/mol. The Kier molecular flexibility index (Phi) is 6.77. The van der Waals surface area contributed by atoms with Crippen LogP contribution in [0.3, 0.4) is 0 Å². The van der Waals surface area contributed by atoms with E-state index in [1.165, 1.54) is 4.31 Å². The summed E-state index contributed by atoms with van der Waals surface area (Å²) in [5.74, 6) is 0. The van der Waals surface area contributed by atoms with Gasteiger partial charge in [0, 0.05) is 24.2 Å². The second-order valence-corrected chi connectivity index (χ2v) is 10.2. The van der Waals surface area contributed by atoms with Crippen molar-refractivity contribution in [3.63, 3.8) is 0 Å². The van der Waals surface area contributed by atoms with E-state index in [1.54, 1.807) is 24.3 Å². The lowest BCUT2D eigenvalue weighted by molar-refractivity contribution is 0.408. The molecule has 0 unspecified atom stereocenters. The Bertz CT molecular complexity index is 1410. The third kappa shape index (κ3) is 5.24. The maximum Gasteiger partial charge on any atom is 0.252 e. The monoisotopic (exact) mass is 460 g/mol. The molecule has 0 amide bonds. The van der Waals surface area contributed by atoms with E-state index in [9.17, 15) is 13.2 Å². The molecule has 5 nitrogen and oxygen atoms in total. The van der Waals surface area contributed by atoms with E-state index in [0.29, 0.717) is 12.0 Å². The zero-order valence-electron chi connectivity index (χ0n) is 18.9. The summed E-state index contributed by atoms with van der Waals surface area (Å²) in [6, 6.07) is 24.3. The van der Waals surface area contributed by atoms with E-state index in [2.05, 4.69) is 11.9 Å². The van der Waals surface area contributed by atoms with Crippen LogP contribution in [0.15, 0.2) is 88.6 Å². The van der Waals surface area contributed by atoms with Gasteiger partial charge in [-0.3, -0.25) is 4.79 Å². The molecule has 3 aromatic carbocycles. The molecule has 6 heteroatoms. The van der Waals surface area contributed by atoms with Gasteiger partial charge in [0.25, 0.3) is 5.56 Å². The molecule has 0 fully saturated rings. The molecule has 170 valence electrons. The second-order valence-electron chi connectivity index (χ2n) is 8.29. The van der Waals surface area contributed by atoms with Gasteiger partial charge >= 0.3 is 0 Å². The molecule has 0 saturated heterocycles. The molecular formula is C27H28N2O3S. The van der Waals surface area contributed by atoms with Crippen molar-refractivity contribution in [1.29, 1.82) is 0 Å². The van der Waals surface area contributed by atoms with Crippen molar-refractivity contribution in [3.05, 3.63) is 111 Å². The number of aromatic amines is 1. The molecule has 0 aliphatic carbocycles. The molecule has 0 radical (unpaired) electrons. The van der Waals surface area contributed by atoms with Gasteiger partial charge in [-0.15, -0.1) is 0 Å². The van der Waals surface area contributed by atoms with Crippen LogP contribution in [-0.2, 0) is 29.4 Å². The molecule has 1 aromatic heterocycles. The van der Waals surface area contributed by atoms with Crippen LogP contribution in [0.2, 0.25) is 0 Å². The summed E-state index contributed by atoms with van der Waals surface area (Å²) in [6.07, 6.45) is 1.44. The molecule has 4 rings (SSSR count). The number of sulfonamides is 1. The summed E-state index contributed by atoms with van der Waals surface area (Å²) < 4.78 is 28.5. The highest BCUT2D eigenvalue weighted by atomic mass is 32.2. The molecule has 0 atom stereocenters. The standard InChI is InChI=1S/C27H28N2O3S/c1-3-21-11-14-26-23(17-21)18-24(27(30)28-26)19-29(16-15-22-7-5-4-6-8-22)33(31,32)25-12-9-20(2)10-13-25/h4-14,17-18H,3,15-16,19H2,1-2H3,(H,28,30). The van der Waals surface area contributed by atoms with Crippen molar-refractivity contribution in [2.24, 2.45) is 0 Å². The number of hydrogen-bond donors (Lipinski definition) is 1. The summed E-state index contributed by atoms with van der Waals surface area (Å²) in [7, 11) is -3.79. The number of pyridine rings is 1. The van der Waals surface area contributed by atoms with Gasteiger partial charge < -0.3 is 4.98 Å². The van der Waals surface area contributed by atoms with Gasteiger partial charge in [-0.25, -0.2) is 8.42 Å². The van der Waals surface area contributed by atoms with Gasteiger partial charge in [-0.2, -0.15) is 4.31 Å². The van der Waals surface area contributed by atoms with Gasteiger partial charge in [0.1, 0.15) is 0 Å². The molecular weight excluding hydrogens is 432 g/mol. The van der Waals surface area contributed by atoms with Crippen LogP contribution in [0, 0.1) is 6.92 Å². The van der Waals surface area contributed by atoms with Crippen LogP contribution in [0.25, 0.3) is 10.9 Å². The minimum absolute atomic E-state index is 0.00463. The first-order valence-corrected chi connectivity index (χ1v) is 12.6. The van der Waals surface area contributed by atoms with Crippen LogP contribution >= 0.6 is 0 Å². The quantitative estimate of drug-likeness (QED) is 0.409. The highest BCUT2D eigenvalue weighted by molar-refractivity contribution is 7.89. The predicted octanol–water partition coefficient (Wildman–Crippen LogP) is 4.83. The highest BCUT2D eigenvalue weighted by Gasteiger charge is 2.25. The first kappa shape index (κ1) is 23.0. The summed E-state index contributed by atoms with van der Waals surface area (Å²) >= 11 is 0. The molecule has 0 saturated carbocycles. The topological polar surface area (TPSA) is 70.2 Å².